The zero-order chi connectivity index (χ0) is 8.10. The zero-order valence-corrected chi connectivity index (χ0v) is 7.15. The Labute approximate surface area is 69.5 Å². The van der Waals surface area contributed by atoms with Crippen molar-refractivity contribution >= 4 is 17.2 Å². The minimum absolute atomic E-state index is 0.0227. The summed E-state index contributed by atoms with van der Waals surface area (Å²) in [5, 5.41) is 2.72. The van der Waals surface area contributed by atoms with E-state index in [1.165, 1.54) is 11.8 Å². The van der Waals surface area contributed by atoms with Crippen molar-refractivity contribution in [1.82, 2.24) is 10.3 Å². The van der Waals surface area contributed by atoms with Crippen molar-refractivity contribution in [3.63, 3.8) is 0 Å². The van der Waals surface area contributed by atoms with Gasteiger partial charge in [0.1, 0.15) is 0 Å². The fourth-order valence-electron chi connectivity index (χ4n) is 0.727. The summed E-state index contributed by atoms with van der Waals surface area (Å²) in [5.74, 6) is 0.0227. The topological polar surface area (TPSA) is 42.0 Å². The third kappa shape index (κ3) is 3.13. The van der Waals surface area contributed by atoms with Gasteiger partial charge >= 0.3 is 0 Å². The van der Waals surface area contributed by atoms with Crippen molar-refractivity contribution in [2.24, 2.45) is 0 Å². The normalized spacial score (nSPS) is 9.55. The van der Waals surface area contributed by atoms with Gasteiger partial charge in [0.05, 0.1) is 5.51 Å². The highest BCUT2D eigenvalue weighted by Crippen LogP contribution is 2.04. The summed E-state index contributed by atoms with van der Waals surface area (Å²) in [5.41, 5.74) is 1.79. The van der Waals surface area contributed by atoms with Crippen molar-refractivity contribution in [1.29, 1.82) is 0 Å². The Morgan fingerprint density at radius 1 is 1.82 bits per heavy atom. The molecule has 4 heteroatoms. The Bertz CT molecular complexity index is 220. The van der Waals surface area contributed by atoms with Gasteiger partial charge in [-0.25, -0.2) is 0 Å². The van der Waals surface area contributed by atoms with Crippen LogP contribution in [0.25, 0.3) is 0 Å². The molecule has 0 unspecified atom stereocenters. The summed E-state index contributed by atoms with van der Waals surface area (Å²) in [6.07, 6.45) is 2.71. The van der Waals surface area contributed by atoms with Crippen LogP contribution in [-0.2, 0) is 11.2 Å². The van der Waals surface area contributed by atoms with Crippen LogP contribution in [0, 0.1) is 0 Å². The summed E-state index contributed by atoms with van der Waals surface area (Å²) in [7, 11) is 0. The van der Waals surface area contributed by atoms with Crippen LogP contribution < -0.4 is 5.32 Å². The second-order valence-electron chi connectivity index (χ2n) is 2.20. The maximum absolute atomic E-state index is 10.4. The third-order valence-corrected chi connectivity index (χ3v) is 2.07. The van der Waals surface area contributed by atoms with Gasteiger partial charge in [0.2, 0.25) is 5.91 Å². The van der Waals surface area contributed by atoms with Crippen LogP contribution in [0.5, 0.6) is 0 Å². The summed E-state index contributed by atoms with van der Waals surface area (Å²) in [6.45, 7) is 2.23. The van der Waals surface area contributed by atoms with Gasteiger partial charge < -0.3 is 5.32 Å². The van der Waals surface area contributed by atoms with E-state index in [1.807, 2.05) is 6.20 Å². The van der Waals surface area contributed by atoms with Crippen molar-refractivity contribution in [3.8, 4) is 0 Å². The molecule has 1 N–H and O–H groups in total. The number of nitrogens with one attached hydrogen (secondary N) is 1. The van der Waals surface area contributed by atoms with Gasteiger partial charge in [0, 0.05) is 31.0 Å². The molecule has 0 saturated heterocycles. The van der Waals surface area contributed by atoms with E-state index < -0.39 is 0 Å². The van der Waals surface area contributed by atoms with Gasteiger partial charge in [-0.2, -0.15) is 0 Å². The fraction of sp³-hybridized carbons (Fsp3) is 0.429. The number of thiazole rings is 1. The highest BCUT2D eigenvalue weighted by molar-refractivity contribution is 7.09. The molecular formula is C7H10N2OS. The van der Waals surface area contributed by atoms with Crippen LogP contribution in [-0.4, -0.2) is 17.4 Å². The first-order valence-corrected chi connectivity index (χ1v) is 4.29. The fourth-order valence-corrected chi connectivity index (χ4v) is 1.33. The molecule has 1 aromatic heterocycles. The van der Waals surface area contributed by atoms with Gasteiger partial charge in [-0.05, 0) is 0 Å². The lowest BCUT2D eigenvalue weighted by Crippen LogP contribution is -2.22. The molecule has 0 spiro atoms. The first kappa shape index (κ1) is 8.20. The Balaban J connectivity index is 2.19. The van der Waals surface area contributed by atoms with Gasteiger partial charge in [-0.3, -0.25) is 9.78 Å². The summed E-state index contributed by atoms with van der Waals surface area (Å²) < 4.78 is 0. The average Bonchev–Trinajstić information content (AvgIpc) is 2.39. The van der Waals surface area contributed by atoms with Crippen molar-refractivity contribution < 1.29 is 4.79 Å². The predicted octanol–water partition coefficient (Wildman–Crippen LogP) is 0.822. The SMILES string of the molecule is CC(=O)NCCc1cncs1. The number of amides is 1. The first-order chi connectivity index (χ1) is 5.29. The number of hydrogen-bond donors (Lipinski definition) is 1. The van der Waals surface area contributed by atoms with Crippen LogP contribution in [0.4, 0.5) is 0 Å². The van der Waals surface area contributed by atoms with E-state index in [9.17, 15) is 4.79 Å². The van der Waals surface area contributed by atoms with Crippen molar-refractivity contribution in [2.75, 3.05) is 6.54 Å². The molecule has 1 amide bonds. The van der Waals surface area contributed by atoms with Gasteiger partial charge in [0.25, 0.3) is 0 Å². The van der Waals surface area contributed by atoms with E-state index in [2.05, 4.69) is 10.3 Å². The number of aromatic nitrogens is 1. The van der Waals surface area contributed by atoms with Gasteiger partial charge in [0.15, 0.2) is 0 Å². The number of hydrogen-bond acceptors (Lipinski definition) is 3. The minimum atomic E-state index is 0.0227. The second-order valence-corrected chi connectivity index (χ2v) is 3.17. The van der Waals surface area contributed by atoms with Crippen LogP contribution in [0.2, 0.25) is 0 Å². The smallest absolute Gasteiger partial charge is 0.216 e. The van der Waals surface area contributed by atoms with Crippen molar-refractivity contribution in [2.45, 2.75) is 13.3 Å². The number of rotatable bonds is 3. The van der Waals surface area contributed by atoms with E-state index in [-0.39, 0.29) is 5.91 Å². The lowest BCUT2D eigenvalue weighted by Gasteiger charge is -1.97. The third-order valence-electron chi connectivity index (χ3n) is 1.23. The molecule has 60 valence electrons. The Morgan fingerprint density at radius 3 is 3.18 bits per heavy atom. The second kappa shape index (κ2) is 4.08. The molecule has 3 nitrogen and oxygen atoms in total. The molecule has 11 heavy (non-hydrogen) atoms. The lowest BCUT2D eigenvalue weighted by molar-refractivity contribution is -0.118. The van der Waals surface area contributed by atoms with Gasteiger partial charge in [-0.1, -0.05) is 0 Å². The van der Waals surface area contributed by atoms with Crippen LogP contribution in [0.3, 0.4) is 0 Å². The lowest BCUT2D eigenvalue weighted by atomic mass is 10.4. The summed E-state index contributed by atoms with van der Waals surface area (Å²) in [6, 6.07) is 0. The highest BCUT2D eigenvalue weighted by Gasteiger charge is 1.94. The van der Waals surface area contributed by atoms with E-state index in [1.54, 1.807) is 16.8 Å². The molecule has 0 fully saturated rings. The minimum Gasteiger partial charge on any atom is -0.356 e. The van der Waals surface area contributed by atoms with Crippen LogP contribution in [0.1, 0.15) is 11.8 Å². The quantitative estimate of drug-likeness (QED) is 0.729. The maximum Gasteiger partial charge on any atom is 0.216 e. The number of carbonyl (C=O) groups is 1. The molecule has 0 aliphatic rings. The molecule has 0 aliphatic carbocycles. The average molecular weight is 170 g/mol. The van der Waals surface area contributed by atoms with Crippen molar-refractivity contribution in [3.05, 3.63) is 16.6 Å². The number of nitrogens with zero attached hydrogens (tertiary/aromatic N) is 1. The molecular weight excluding hydrogens is 160 g/mol. The molecule has 0 aromatic carbocycles. The monoisotopic (exact) mass is 170 g/mol. The van der Waals surface area contributed by atoms with E-state index in [0.717, 1.165) is 6.42 Å². The molecule has 1 heterocycles. The maximum atomic E-state index is 10.4. The molecule has 0 saturated carbocycles. The summed E-state index contributed by atoms with van der Waals surface area (Å²) >= 11 is 1.61. The van der Waals surface area contributed by atoms with Gasteiger partial charge in [-0.15, -0.1) is 11.3 Å². The highest BCUT2D eigenvalue weighted by atomic mass is 32.1. The molecule has 0 bridgehead atoms. The van der Waals surface area contributed by atoms with E-state index >= 15 is 0 Å². The molecule has 0 radical (unpaired) electrons. The van der Waals surface area contributed by atoms with E-state index in [0.29, 0.717) is 6.54 Å². The Kier molecular flexibility index (Phi) is 3.04. The standard InChI is InChI=1S/C7H10N2OS/c1-6(10)9-3-2-7-4-8-5-11-7/h4-5H,2-3H2,1H3,(H,9,10). The zero-order valence-electron chi connectivity index (χ0n) is 6.33. The first-order valence-electron chi connectivity index (χ1n) is 3.41. The Morgan fingerprint density at radius 2 is 2.64 bits per heavy atom. The Hall–Kier alpha value is -0.900. The summed E-state index contributed by atoms with van der Waals surface area (Å²) in [4.78, 5) is 15.6. The van der Waals surface area contributed by atoms with Crippen LogP contribution >= 0.6 is 11.3 Å². The molecule has 1 aromatic rings. The molecule has 0 atom stereocenters. The molecule has 0 aliphatic heterocycles. The largest absolute Gasteiger partial charge is 0.356 e. The number of carbonyl (C=O) groups excluding carboxylic acids is 1. The molecule has 1 rings (SSSR count). The van der Waals surface area contributed by atoms with Crippen LogP contribution in [0.15, 0.2) is 11.7 Å². The predicted molar refractivity (Wildman–Crippen MR) is 44.5 cm³/mol. The van der Waals surface area contributed by atoms with E-state index in [4.69, 9.17) is 0 Å².